The standard InChI is InChI=1S/C8H17NO2/c1-3-9-5-6-11-8-7-10-4-2/h4,9H,2-3,5-8H2,1H3. The molecule has 0 bridgehead atoms. The van der Waals surface area contributed by atoms with Crippen molar-refractivity contribution in [3.05, 3.63) is 12.8 Å². The lowest BCUT2D eigenvalue weighted by Crippen LogP contribution is -2.19. The molecule has 0 aromatic rings. The second kappa shape index (κ2) is 9.46. The van der Waals surface area contributed by atoms with Crippen LogP contribution in [-0.2, 0) is 9.47 Å². The van der Waals surface area contributed by atoms with Crippen LogP contribution in [0.15, 0.2) is 12.8 Å². The summed E-state index contributed by atoms with van der Waals surface area (Å²) in [7, 11) is 0. The lowest BCUT2D eigenvalue weighted by molar-refractivity contribution is 0.0868. The van der Waals surface area contributed by atoms with E-state index >= 15 is 0 Å². The third-order valence-electron chi connectivity index (χ3n) is 1.14. The van der Waals surface area contributed by atoms with E-state index in [2.05, 4.69) is 18.8 Å². The van der Waals surface area contributed by atoms with E-state index in [4.69, 9.17) is 9.47 Å². The Kier molecular flexibility index (Phi) is 9.00. The third-order valence-corrected chi connectivity index (χ3v) is 1.14. The lowest BCUT2D eigenvalue weighted by Gasteiger charge is -2.03. The summed E-state index contributed by atoms with van der Waals surface area (Å²) in [5, 5.41) is 3.15. The van der Waals surface area contributed by atoms with Crippen molar-refractivity contribution in [1.82, 2.24) is 5.32 Å². The summed E-state index contributed by atoms with van der Waals surface area (Å²) in [5.74, 6) is 0. The Morgan fingerprint density at radius 2 is 2.18 bits per heavy atom. The maximum Gasteiger partial charge on any atom is 0.111 e. The van der Waals surface area contributed by atoms with Crippen molar-refractivity contribution in [3.63, 3.8) is 0 Å². The van der Waals surface area contributed by atoms with Crippen LogP contribution in [0, 0.1) is 0 Å². The van der Waals surface area contributed by atoms with Crippen molar-refractivity contribution in [3.8, 4) is 0 Å². The van der Waals surface area contributed by atoms with Gasteiger partial charge in [0.05, 0.1) is 19.5 Å². The number of nitrogens with one attached hydrogen (secondary N) is 1. The van der Waals surface area contributed by atoms with E-state index in [0.29, 0.717) is 13.2 Å². The van der Waals surface area contributed by atoms with Crippen LogP contribution in [0.25, 0.3) is 0 Å². The van der Waals surface area contributed by atoms with Crippen LogP contribution in [0.1, 0.15) is 6.92 Å². The van der Waals surface area contributed by atoms with Gasteiger partial charge in [0.15, 0.2) is 0 Å². The first-order valence-corrected chi connectivity index (χ1v) is 3.92. The van der Waals surface area contributed by atoms with Crippen LogP contribution in [0.4, 0.5) is 0 Å². The van der Waals surface area contributed by atoms with Gasteiger partial charge in [-0.05, 0) is 6.54 Å². The fraction of sp³-hybridized carbons (Fsp3) is 0.750. The summed E-state index contributed by atoms with van der Waals surface area (Å²) in [4.78, 5) is 0. The van der Waals surface area contributed by atoms with Crippen LogP contribution in [0.5, 0.6) is 0 Å². The van der Waals surface area contributed by atoms with Crippen molar-refractivity contribution >= 4 is 0 Å². The molecule has 0 saturated carbocycles. The highest BCUT2D eigenvalue weighted by Gasteiger charge is 1.86. The second-order valence-corrected chi connectivity index (χ2v) is 2.00. The minimum atomic E-state index is 0.593. The highest BCUT2D eigenvalue weighted by atomic mass is 16.5. The average molecular weight is 159 g/mol. The molecule has 0 saturated heterocycles. The van der Waals surface area contributed by atoms with Gasteiger partial charge in [-0.15, -0.1) is 0 Å². The van der Waals surface area contributed by atoms with Crippen molar-refractivity contribution in [2.75, 3.05) is 32.9 Å². The van der Waals surface area contributed by atoms with Crippen molar-refractivity contribution in [2.24, 2.45) is 0 Å². The lowest BCUT2D eigenvalue weighted by atomic mass is 10.6. The zero-order valence-electron chi connectivity index (χ0n) is 7.14. The fourth-order valence-electron chi connectivity index (χ4n) is 0.614. The van der Waals surface area contributed by atoms with E-state index in [1.54, 1.807) is 0 Å². The highest BCUT2D eigenvalue weighted by Crippen LogP contribution is 1.77. The minimum Gasteiger partial charge on any atom is -0.499 e. The molecule has 0 aliphatic carbocycles. The topological polar surface area (TPSA) is 30.5 Å². The van der Waals surface area contributed by atoms with Crippen LogP contribution in [0.3, 0.4) is 0 Å². The van der Waals surface area contributed by atoms with Crippen molar-refractivity contribution in [1.29, 1.82) is 0 Å². The van der Waals surface area contributed by atoms with E-state index in [1.165, 1.54) is 6.26 Å². The summed E-state index contributed by atoms with van der Waals surface area (Å²) >= 11 is 0. The predicted octanol–water partition coefficient (Wildman–Crippen LogP) is 0.773. The molecule has 0 rings (SSSR count). The molecule has 0 aromatic heterocycles. The smallest absolute Gasteiger partial charge is 0.111 e. The summed E-state index contributed by atoms with van der Waals surface area (Å²) < 4.78 is 10.1. The molecule has 3 nitrogen and oxygen atoms in total. The largest absolute Gasteiger partial charge is 0.499 e. The third kappa shape index (κ3) is 9.46. The first-order chi connectivity index (χ1) is 5.41. The Morgan fingerprint density at radius 3 is 2.82 bits per heavy atom. The minimum absolute atomic E-state index is 0.593. The second-order valence-electron chi connectivity index (χ2n) is 2.00. The van der Waals surface area contributed by atoms with Gasteiger partial charge in [0.2, 0.25) is 0 Å². The summed E-state index contributed by atoms with van der Waals surface area (Å²) in [5.41, 5.74) is 0. The Balaban J connectivity index is 2.74. The predicted molar refractivity (Wildman–Crippen MR) is 45.5 cm³/mol. The molecule has 0 aliphatic heterocycles. The van der Waals surface area contributed by atoms with Crippen LogP contribution < -0.4 is 5.32 Å². The molecule has 0 heterocycles. The van der Waals surface area contributed by atoms with Crippen LogP contribution >= 0.6 is 0 Å². The van der Waals surface area contributed by atoms with Crippen LogP contribution in [0.2, 0.25) is 0 Å². The maximum atomic E-state index is 5.20. The highest BCUT2D eigenvalue weighted by molar-refractivity contribution is 4.48. The molecule has 0 aromatic carbocycles. The zero-order chi connectivity index (χ0) is 8.36. The molecule has 0 unspecified atom stereocenters. The van der Waals surface area contributed by atoms with E-state index in [0.717, 1.165) is 19.7 Å². The zero-order valence-corrected chi connectivity index (χ0v) is 7.14. The Bertz CT molecular complexity index is 86.2. The van der Waals surface area contributed by atoms with Gasteiger partial charge in [0.25, 0.3) is 0 Å². The summed E-state index contributed by atoms with van der Waals surface area (Å²) in [6.07, 6.45) is 1.42. The number of ether oxygens (including phenoxy) is 2. The maximum absolute atomic E-state index is 5.20. The van der Waals surface area contributed by atoms with E-state index in [-0.39, 0.29) is 0 Å². The first-order valence-electron chi connectivity index (χ1n) is 3.92. The van der Waals surface area contributed by atoms with Gasteiger partial charge in [0, 0.05) is 6.54 Å². The number of likely N-dealkylation sites (N-methyl/N-ethyl adjacent to an activating group) is 1. The molecule has 0 amide bonds. The van der Waals surface area contributed by atoms with Gasteiger partial charge in [-0.25, -0.2) is 0 Å². The molecular formula is C8H17NO2. The van der Waals surface area contributed by atoms with Crippen LogP contribution in [-0.4, -0.2) is 32.9 Å². The van der Waals surface area contributed by atoms with Crippen molar-refractivity contribution < 1.29 is 9.47 Å². The Hall–Kier alpha value is -0.540. The number of hydrogen-bond acceptors (Lipinski definition) is 3. The van der Waals surface area contributed by atoms with E-state index in [9.17, 15) is 0 Å². The van der Waals surface area contributed by atoms with E-state index < -0.39 is 0 Å². The molecule has 0 radical (unpaired) electrons. The molecule has 0 aliphatic rings. The molecule has 0 atom stereocenters. The van der Waals surface area contributed by atoms with Gasteiger partial charge in [-0.2, -0.15) is 0 Å². The first kappa shape index (κ1) is 10.5. The molecule has 11 heavy (non-hydrogen) atoms. The molecule has 3 heteroatoms. The molecular weight excluding hydrogens is 142 g/mol. The SMILES string of the molecule is C=COCCOCCNCC. The quantitative estimate of drug-likeness (QED) is 0.419. The number of rotatable bonds is 8. The molecule has 0 fully saturated rings. The van der Waals surface area contributed by atoms with Gasteiger partial charge >= 0.3 is 0 Å². The monoisotopic (exact) mass is 159 g/mol. The van der Waals surface area contributed by atoms with Gasteiger partial charge in [0.1, 0.15) is 6.61 Å². The molecule has 1 N–H and O–H groups in total. The van der Waals surface area contributed by atoms with Gasteiger partial charge < -0.3 is 14.8 Å². The summed E-state index contributed by atoms with van der Waals surface area (Å²) in [6.45, 7) is 9.36. The normalized spacial score (nSPS) is 9.55. The fourth-order valence-corrected chi connectivity index (χ4v) is 0.614. The Morgan fingerprint density at radius 1 is 1.36 bits per heavy atom. The van der Waals surface area contributed by atoms with E-state index in [1.807, 2.05) is 0 Å². The average Bonchev–Trinajstić information content (AvgIpc) is 2.03. The van der Waals surface area contributed by atoms with Gasteiger partial charge in [-0.1, -0.05) is 13.5 Å². The molecule has 0 spiro atoms. The number of hydrogen-bond donors (Lipinski definition) is 1. The summed E-state index contributed by atoms with van der Waals surface area (Å²) in [6, 6.07) is 0. The van der Waals surface area contributed by atoms with Crippen molar-refractivity contribution in [2.45, 2.75) is 6.92 Å². The Labute approximate surface area is 68.4 Å². The van der Waals surface area contributed by atoms with Gasteiger partial charge in [-0.3, -0.25) is 0 Å². The molecule has 66 valence electrons.